The maximum atomic E-state index is 12.7. The summed E-state index contributed by atoms with van der Waals surface area (Å²) >= 11 is 0. The van der Waals surface area contributed by atoms with Crippen molar-refractivity contribution < 1.29 is 14.6 Å². The molecule has 1 atom stereocenters. The first-order valence-electron chi connectivity index (χ1n) is 9.65. The summed E-state index contributed by atoms with van der Waals surface area (Å²) < 4.78 is 5.27. The number of hydrogen-bond donors (Lipinski definition) is 3. The fraction of sp³-hybridized carbons (Fsp3) is 0.364. The standard InChI is InChI=1S/C22H25N3O3/c1-28-18-10-16(11-23-13-18)22(15-8-17(26)9-15)25-21(27)7-6-14-12-24-20-5-3-2-4-19(14)20/h2-5,10-13,15,17,22,24,26H,6-9H2,1H3,(H,25,27). The molecule has 6 heteroatoms. The van der Waals surface area contributed by atoms with Crippen LogP contribution in [0.5, 0.6) is 5.75 Å². The van der Waals surface area contributed by atoms with Crippen LogP contribution in [0.1, 0.15) is 36.4 Å². The van der Waals surface area contributed by atoms with Gasteiger partial charge in [-0.1, -0.05) is 18.2 Å². The van der Waals surface area contributed by atoms with Gasteiger partial charge >= 0.3 is 0 Å². The van der Waals surface area contributed by atoms with Crippen LogP contribution in [-0.4, -0.2) is 34.2 Å². The molecule has 6 nitrogen and oxygen atoms in total. The molecule has 3 N–H and O–H groups in total. The minimum Gasteiger partial charge on any atom is -0.495 e. The Morgan fingerprint density at radius 2 is 2.18 bits per heavy atom. The number of carbonyl (C=O) groups is 1. The Balaban J connectivity index is 1.44. The highest BCUT2D eigenvalue weighted by molar-refractivity contribution is 5.84. The number of pyridine rings is 1. The van der Waals surface area contributed by atoms with Gasteiger partial charge in [-0.15, -0.1) is 0 Å². The van der Waals surface area contributed by atoms with Crippen LogP contribution in [0.3, 0.4) is 0 Å². The first kappa shape index (κ1) is 18.5. The van der Waals surface area contributed by atoms with Crippen molar-refractivity contribution >= 4 is 16.8 Å². The van der Waals surface area contributed by atoms with Crippen molar-refractivity contribution in [3.05, 3.63) is 60.0 Å². The molecule has 2 heterocycles. The smallest absolute Gasteiger partial charge is 0.220 e. The SMILES string of the molecule is COc1cncc(C(NC(=O)CCc2c[nH]c3ccccc23)C2CC(O)C2)c1. The fourth-order valence-electron chi connectivity index (χ4n) is 3.92. The van der Waals surface area contributed by atoms with Crippen LogP contribution in [0.2, 0.25) is 0 Å². The number of ether oxygens (including phenoxy) is 1. The number of hydrogen-bond acceptors (Lipinski definition) is 4. The quantitative estimate of drug-likeness (QED) is 0.589. The van der Waals surface area contributed by atoms with Gasteiger partial charge in [0.2, 0.25) is 5.91 Å². The minimum absolute atomic E-state index is 0.000471. The number of H-pyrrole nitrogens is 1. The molecule has 146 valence electrons. The lowest BCUT2D eigenvalue weighted by molar-refractivity contribution is -0.123. The number of aliphatic hydroxyl groups is 1. The Kier molecular flexibility index (Phi) is 5.30. The second-order valence-corrected chi connectivity index (χ2v) is 7.45. The maximum Gasteiger partial charge on any atom is 0.220 e. The van der Waals surface area contributed by atoms with Gasteiger partial charge in [-0.25, -0.2) is 0 Å². The largest absolute Gasteiger partial charge is 0.495 e. The molecule has 3 aromatic rings. The third-order valence-corrected chi connectivity index (χ3v) is 5.56. The number of rotatable bonds is 7. The van der Waals surface area contributed by atoms with E-state index >= 15 is 0 Å². The van der Waals surface area contributed by atoms with Crippen molar-refractivity contribution in [1.29, 1.82) is 0 Å². The summed E-state index contributed by atoms with van der Waals surface area (Å²) in [6.45, 7) is 0. The topological polar surface area (TPSA) is 87.2 Å². The third kappa shape index (κ3) is 3.87. The molecule has 1 amide bonds. The molecule has 4 rings (SSSR count). The van der Waals surface area contributed by atoms with E-state index in [-0.39, 0.29) is 24.0 Å². The van der Waals surface area contributed by atoms with E-state index in [1.807, 2.05) is 30.5 Å². The number of carbonyl (C=O) groups excluding carboxylic acids is 1. The monoisotopic (exact) mass is 379 g/mol. The number of nitrogens with one attached hydrogen (secondary N) is 2. The van der Waals surface area contributed by atoms with Gasteiger partial charge in [-0.2, -0.15) is 0 Å². The van der Waals surface area contributed by atoms with E-state index < -0.39 is 0 Å². The molecule has 28 heavy (non-hydrogen) atoms. The Morgan fingerprint density at radius 1 is 1.36 bits per heavy atom. The highest BCUT2D eigenvalue weighted by Gasteiger charge is 2.36. The predicted molar refractivity (Wildman–Crippen MR) is 107 cm³/mol. The van der Waals surface area contributed by atoms with Crippen LogP contribution in [0.15, 0.2) is 48.9 Å². The first-order chi connectivity index (χ1) is 13.6. The Morgan fingerprint density at radius 3 is 2.96 bits per heavy atom. The highest BCUT2D eigenvalue weighted by Crippen LogP contribution is 2.38. The summed E-state index contributed by atoms with van der Waals surface area (Å²) in [7, 11) is 1.60. The third-order valence-electron chi connectivity index (χ3n) is 5.56. The average molecular weight is 379 g/mol. The molecule has 0 radical (unpaired) electrons. The number of aryl methyl sites for hydroxylation is 1. The minimum atomic E-state index is -0.283. The summed E-state index contributed by atoms with van der Waals surface area (Å²) in [5, 5.41) is 14.0. The van der Waals surface area contributed by atoms with Crippen molar-refractivity contribution in [2.24, 2.45) is 5.92 Å². The predicted octanol–water partition coefficient (Wildman–Crippen LogP) is 3.13. The number of aromatic amines is 1. The second kappa shape index (κ2) is 8.02. The molecular weight excluding hydrogens is 354 g/mol. The van der Waals surface area contributed by atoms with Gasteiger partial charge in [0.1, 0.15) is 5.75 Å². The lowest BCUT2D eigenvalue weighted by atomic mass is 9.75. The summed E-state index contributed by atoms with van der Waals surface area (Å²) in [5.41, 5.74) is 3.14. The summed E-state index contributed by atoms with van der Waals surface area (Å²) in [4.78, 5) is 20.2. The molecule has 1 aliphatic carbocycles. The van der Waals surface area contributed by atoms with Crippen LogP contribution in [0.4, 0.5) is 0 Å². The number of methoxy groups -OCH3 is 1. The maximum absolute atomic E-state index is 12.7. The molecular formula is C22H25N3O3. The van der Waals surface area contributed by atoms with Gasteiger partial charge in [0.15, 0.2) is 0 Å². The van der Waals surface area contributed by atoms with Crippen molar-refractivity contribution in [3.8, 4) is 5.75 Å². The van der Waals surface area contributed by atoms with Crippen LogP contribution in [0.25, 0.3) is 10.9 Å². The van der Waals surface area contributed by atoms with Crippen molar-refractivity contribution in [2.45, 2.75) is 37.8 Å². The normalized spacial score (nSPS) is 19.8. The van der Waals surface area contributed by atoms with Gasteiger partial charge in [-0.3, -0.25) is 9.78 Å². The van der Waals surface area contributed by atoms with E-state index in [4.69, 9.17) is 4.74 Å². The van der Waals surface area contributed by atoms with E-state index in [2.05, 4.69) is 21.4 Å². The molecule has 1 aliphatic rings. The molecule has 1 fully saturated rings. The molecule has 1 unspecified atom stereocenters. The van der Waals surface area contributed by atoms with E-state index in [0.717, 1.165) is 22.0 Å². The van der Waals surface area contributed by atoms with Crippen LogP contribution in [-0.2, 0) is 11.2 Å². The lowest BCUT2D eigenvalue weighted by Crippen LogP contribution is -2.41. The van der Waals surface area contributed by atoms with Crippen LogP contribution >= 0.6 is 0 Å². The average Bonchev–Trinajstić information content (AvgIpc) is 3.11. The molecule has 0 saturated heterocycles. The van der Waals surface area contributed by atoms with E-state index in [0.29, 0.717) is 31.4 Å². The summed E-state index contributed by atoms with van der Waals surface area (Å²) in [5.74, 6) is 0.871. The zero-order valence-corrected chi connectivity index (χ0v) is 15.9. The van der Waals surface area contributed by atoms with Gasteiger partial charge in [0, 0.05) is 29.7 Å². The van der Waals surface area contributed by atoms with Gasteiger partial charge in [-0.05, 0) is 48.4 Å². The molecule has 0 bridgehead atoms. The lowest BCUT2D eigenvalue weighted by Gasteiger charge is -2.38. The molecule has 2 aromatic heterocycles. The van der Waals surface area contributed by atoms with E-state index in [1.165, 1.54) is 0 Å². The van der Waals surface area contributed by atoms with E-state index in [1.54, 1.807) is 19.5 Å². The molecule has 0 aliphatic heterocycles. The summed E-state index contributed by atoms with van der Waals surface area (Å²) in [6, 6.07) is 9.85. The van der Waals surface area contributed by atoms with Gasteiger partial charge in [0.25, 0.3) is 0 Å². The van der Waals surface area contributed by atoms with Gasteiger partial charge < -0.3 is 20.1 Å². The number of aromatic nitrogens is 2. The zero-order valence-electron chi connectivity index (χ0n) is 15.9. The molecule has 1 saturated carbocycles. The van der Waals surface area contributed by atoms with Crippen LogP contribution in [0, 0.1) is 5.92 Å². The van der Waals surface area contributed by atoms with Crippen molar-refractivity contribution in [3.63, 3.8) is 0 Å². The van der Waals surface area contributed by atoms with E-state index in [9.17, 15) is 9.90 Å². The number of fused-ring (bicyclic) bond motifs is 1. The highest BCUT2D eigenvalue weighted by atomic mass is 16.5. The fourth-order valence-corrected chi connectivity index (χ4v) is 3.92. The number of amides is 1. The molecule has 0 spiro atoms. The first-order valence-corrected chi connectivity index (χ1v) is 9.65. The second-order valence-electron chi connectivity index (χ2n) is 7.45. The Bertz CT molecular complexity index is 962. The van der Waals surface area contributed by atoms with Crippen molar-refractivity contribution in [2.75, 3.05) is 7.11 Å². The van der Waals surface area contributed by atoms with Gasteiger partial charge in [0.05, 0.1) is 25.5 Å². The Labute approximate surface area is 163 Å². The number of nitrogens with zero attached hydrogens (tertiary/aromatic N) is 1. The Hall–Kier alpha value is -2.86. The van der Waals surface area contributed by atoms with Crippen LogP contribution < -0.4 is 10.1 Å². The number of para-hydroxylation sites is 1. The van der Waals surface area contributed by atoms with Crippen molar-refractivity contribution in [1.82, 2.24) is 15.3 Å². The number of aliphatic hydroxyl groups excluding tert-OH is 1. The summed E-state index contributed by atoms with van der Waals surface area (Å²) in [6.07, 6.45) is 7.55. The number of benzene rings is 1. The molecule has 1 aromatic carbocycles. The zero-order chi connectivity index (χ0) is 19.5.